The van der Waals surface area contributed by atoms with Gasteiger partial charge in [0.2, 0.25) is 0 Å². The zero-order chi connectivity index (χ0) is 23.9. The zero-order valence-corrected chi connectivity index (χ0v) is 19.7. The number of hydrogen-bond acceptors (Lipinski definition) is 6. The van der Waals surface area contributed by atoms with Crippen molar-refractivity contribution in [3.8, 4) is 28.5 Å². The van der Waals surface area contributed by atoms with E-state index in [9.17, 15) is 0 Å². The normalized spacial score (nSPS) is 11.4. The molecule has 0 aliphatic heterocycles. The van der Waals surface area contributed by atoms with Gasteiger partial charge in [0.15, 0.2) is 11.5 Å². The number of aryl methyl sites for hydroxylation is 2. The van der Waals surface area contributed by atoms with Crippen molar-refractivity contribution in [2.45, 2.75) is 13.5 Å². The topological polar surface area (TPSA) is 83.5 Å². The van der Waals surface area contributed by atoms with E-state index < -0.39 is 0 Å². The van der Waals surface area contributed by atoms with Crippen molar-refractivity contribution in [3.05, 3.63) is 84.7 Å². The highest BCUT2D eigenvalue weighted by Crippen LogP contribution is 2.34. The van der Waals surface area contributed by atoms with E-state index in [1.807, 2.05) is 79.6 Å². The summed E-state index contributed by atoms with van der Waals surface area (Å²) in [5.41, 5.74) is 7.07. The number of hydrogen-bond donors (Lipinski definition) is 0. The van der Waals surface area contributed by atoms with E-state index in [-0.39, 0.29) is 0 Å². The molecule has 0 radical (unpaired) electrons. The SMILES string of the molecule is COc1ccc(Cn2cnc3c(-c4cn(C)c5cnccc45)nc(-c4cccc(C)n4)nc32)cc1. The van der Waals surface area contributed by atoms with Crippen molar-refractivity contribution in [1.29, 1.82) is 0 Å². The second-order valence-electron chi connectivity index (χ2n) is 8.50. The van der Waals surface area contributed by atoms with Crippen LogP contribution in [0.25, 0.3) is 44.8 Å². The van der Waals surface area contributed by atoms with E-state index in [2.05, 4.69) is 20.7 Å². The lowest BCUT2D eigenvalue weighted by atomic mass is 10.1. The molecule has 5 heterocycles. The summed E-state index contributed by atoms with van der Waals surface area (Å²) in [7, 11) is 3.68. The fourth-order valence-electron chi connectivity index (χ4n) is 4.37. The van der Waals surface area contributed by atoms with Crippen LogP contribution < -0.4 is 4.74 Å². The second-order valence-corrected chi connectivity index (χ2v) is 8.50. The van der Waals surface area contributed by atoms with E-state index >= 15 is 0 Å². The average Bonchev–Trinajstić information content (AvgIpc) is 3.45. The highest BCUT2D eigenvalue weighted by molar-refractivity contribution is 6.01. The summed E-state index contributed by atoms with van der Waals surface area (Å²) >= 11 is 0. The third-order valence-corrected chi connectivity index (χ3v) is 6.14. The Labute approximate surface area is 201 Å². The molecule has 0 saturated carbocycles. The Hall–Kier alpha value is -4.59. The van der Waals surface area contributed by atoms with E-state index in [0.717, 1.165) is 56.0 Å². The Morgan fingerprint density at radius 1 is 0.971 bits per heavy atom. The van der Waals surface area contributed by atoms with Crippen LogP contribution in [0.4, 0.5) is 0 Å². The van der Waals surface area contributed by atoms with Crippen LogP contribution in [0.2, 0.25) is 0 Å². The Morgan fingerprint density at radius 3 is 2.63 bits per heavy atom. The predicted octanol–water partition coefficient (Wildman–Crippen LogP) is 4.81. The molecule has 0 saturated heterocycles. The minimum atomic E-state index is 0.568. The number of ether oxygens (including phenoxy) is 1. The maximum atomic E-state index is 5.30. The van der Waals surface area contributed by atoms with Gasteiger partial charge in [0, 0.05) is 36.1 Å². The predicted molar refractivity (Wildman–Crippen MR) is 135 cm³/mol. The molecule has 0 fully saturated rings. The summed E-state index contributed by atoms with van der Waals surface area (Å²) in [6, 6.07) is 15.9. The monoisotopic (exact) mass is 461 g/mol. The first kappa shape index (κ1) is 21.0. The number of imidazole rings is 1. The molecule has 0 amide bonds. The summed E-state index contributed by atoms with van der Waals surface area (Å²) in [4.78, 5) is 23.7. The third kappa shape index (κ3) is 3.69. The molecule has 35 heavy (non-hydrogen) atoms. The summed E-state index contributed by atoms with van der Waals surface area (Å²) in [5.74, 6) is 1.39. The number of pyridine rings is 2. The molecule has 5 aromatic heterocycles. The molecule has 0 aliphatic rings. The Balaban J connectivity index is 1.57. The van der Waals surface area contributed by atoms with Gasteiger partial charge in [-0.15, -0.1) is 0 Å². The van der Waals surface area contributed by atoms with Crippen LogP contribution in [0.15, 0.2) is 73.4 Å². The number of fused-ring (bicyclic) bond motifs is 2. The summed E-state index contributed by atoms with van der Waals surface area (Å²) in [6.07, 6.45) is 7.56. The molecular formula is C27H23N7O. The van der Waals surface area contributed by atoms with Gasteiger partial charge in [0.25, 0.3) is 0 Å². The van der Waals surface area contributed by atoms with Gasteiger partial charge in [-0.1, -0.05) is 18.2 Å². The van der Waals surface area contributed by atoms with Gasteiger partial charge in [-0.25, -0.2) is 19.9 Å². The number of benzene rings is 1. The van der Waals surface area contributed by atoms with Crippen LogP contribution in [0.1, 0.15) is 11.3 Å². The summed E-state index contributed by atoms with van der Waals surface area (Å²) in [5, 5.41) is 1.07. The lowest BCUT2D eigenvalue weighted by Crippen LogP contribution is -2.02. The molecule has 6 aromatic rings. The lowest BCUT2D eigenvalue weighted by Gasteiger charge is -2.09. The molecule has 0 unspecified atom stereocenters. The van der Waals surface area contributed by atoms with Crippen molar-refractivity contribution < 1.29 is 4.74 Å². The maximum Gasteiger partial charge on any atom is 0.180 e. The highest BCUT2D eigenvalue weighted by atomic mass is 16.5. The second kappa shape index (κ2) is 8.32. The van der Waals surface area contributed by atoms with Gasteiger partial charge >= 0.3 is 0 Å². The fraction of sp³-hybridized carbons (Fsp3) is 0.148. The fourth-order valence-corrected chi connectivity index (χ4v) is 4.37. The van der Waals surface area contributed by atoms with Gasteiger partial charge < -0.3 is 13.9 Å². The largest absolute Gasteiger partial charge is 0.497 e. The lowest BCUT2D eigenvalue weighted by molar-refractivity contribution is 0.414. The van der Waals surface area contributed by atoms with Gasteiger partial charge in [0.05, 0.1) is 31.7 Å². The molecule has 0 N–H and O–H groups in total. The molecule has 0 atom stereocenters. The Kier molecular flexibility index (Phi) is 4.99. The van der Waals surface area contributed by atoms with Gasteiger partial charge in [-0.2, -0.15) is 0 Å². The van der Waals surface area contributed by atoms with Crippen LogP contribution in [0.5, 0.6) is 5.75 Å². The van der Waals surface area contributed by atoms with E-state index in [1.165, 1.54) is 0 Å². The first-order chi connectivity index (χ1) is 17.1. The van der Waals surface area contributed by atoms with Crippen LogP contribution in [0.3, 0.4) is 0 Å². The summed E-state index contributed by atoms with van der Waals surface area (Å²) < 4.78 is 9.41. The third-order valence-electron chi connectivity index (χ3n) is 6.14. The van der Waals surface area contributed by atoms with Crippen LogP contribution in [0, 0.1) is 6.92 Å². The molecular weight excluding hydrogens is 438 g/mol. The molecule has 172 valence electrons. The first-order valence-corrected chi connectivity index (χ1v) is 11.3. The number of methoxy groups -OCH3 is 1. The molecule has 6 rings (SSSR count). The van der Waals surface area contributed by atoms with Gasteiger partial charge in [-0.05, 0) is 42.8 Å². The number of rotatable bonds is 5. The number of nitrogens with zero attached hydrogens (tertiary/aromatic N) is 7. The van der Waals surface area contributed by atoms with Crippen molar-refractivity contribution >= 4 is 22.1 Å². The quantitative estimate of drug-likeness (QED) is 0.366. The van der Waals surface area contributed by atoms with Crippen molar-refractivity contribution in [2.75, 3.05) is 7.11 Å². The summed E-state index contributed by atoms with van der Waals surface area (Å²) in [6.45, 7) is 2.59. The molecule has 8 heteroatoms. The van der Waals surface area contributed by atoms with E-state index in [1.54, 1.807) is 13.3 Å². The van der Waals surface area contributed by atoms with Crippen LogP contribution in [-0.2, 0) is 13.6 Å². The van der Waals surface area contributed by atoms with Crippen LogP contribution in [-0.4, -0.2) is 41.2 Å². The van der Waals surface area contributed by atoms with E-state index in [4.69, 9.17) is 19.7 Å². The van der Waals surface area contributed by atoms with E-state index in [0.29, 0.717) is 12.4 Å². The number of aromatic nitrogens is 7. The highest BCUT2D eigenvalue weighted by Gasteiger charge is 2.20. The maximum absolute atomic E-state index is 5.30. The smallest absolute Gasteiger partial charge is 0.180 e. The molecule has 0 bridgehead atoms. The zero-order valence-electron chi connectivity index (χ0n) is 19.7. The average molecular weight is 462 g/mol. The molecule has 0 spiro atoms. The minimum Gasteiger partial charge on any atom is -0.497 e. The van der Waals surface area contributed by atoms with Crippen molar-refractivity contribution in [3.63, 3.8) is 0 Å². The molecule has 0 aliphatic carbocycles. The van der Waals surface area contributed by atoms with Gasteiger partial charge in [-0.3, -0.25) is 4.98 Å². The van der Waals surface area contributed by atoms with Crippen molar-refractivity contribution in [1.82, 2.24) is 34.1 Å². The van der Waals surface area contributed by atoms with Gasteiger partial charge in [0.1, 0.15) is 22.7 Å². The molecule has 8 nitrogen and oxygen atoms in total. The minimum absolute atomic E-state index is 0.568. The van der Waals surface area contributed by atoms with Crippen molar-refractivity contribution in [2.24, 2.45) is 7.05 Å². The first-order valence-electron chi connectivity index (χ1n) is 11.3. The Morgan fingerprint density at radius 2 is 1.83 bits per heavy atom. The van der Waals surface area contributed by atoms with Crippen LogP contribution >= 0.6 is 0 Å². The molecule has 1 aromatic carbocycles. The standard InChI is InChI=1S/C27H23N7O/c1-17-5-4-6-22(30-17)26-31-24(21-15-33(2)23-13-28-12-11-20(21)23)25-27(32-26)34(16-29-25)14-18-7-9-19(35-3)10-8-18/h4-13,15-16H,14H2,1-3H3. The Bertz CT molecular complexity index is 1680.